The van der Waals surface area contributed by atoms with Crippen molar-refractivity contribution in [3.8, 4) is 5.75 Å². The van der Waals surface area contributed by atoms with Gasteiger partial charge in [-0.3, -0.25) is 15.5 Å². The Morgan fingerprint density at radius 1 is 1.53 bits per heavy atom. The molecule has 0 bridgehead atoms. The van der Waals surface area contributed by atoms with Crippen molar-refractivity contribution in [2.45, 2.75) is 12.8 Å². The molecule has 0 radical (unpaired) electrons. The lowest BCUT2D eigenvalue weighted by Crippen LogP contribution is -2.11. The molecule has 1 aromatic carbocycles. The highest BCUT2D eigenvalue weighted by Crippen LogP contribution is 2.26. The van der Waals surface area contributed by atoms with Crippen molar-refractivity contribution in [2.24, 2.45) is 5.73 Å². The summed E-state index contributed by atoms with van der Waals surface area (Å²) in [6.07, 6.45) is 1.06. The number of rotatable bonds is 6. The minimum absolute atomic E-state index is 0.0269. The van der Waals surface area contributed by atoms with Crippen molar-refractivity contribution in [3.63, 3.8) is 0 Å². The number of nitrogens with two attached hydrogens (primary N) is 1. The lowest BCUT2D eigenvalue weighted by molar-refractivity contribution is -0.385. The summed E-state index contributed by atoms with van der Waals surface area (Å²) in [5.74, 6) is 0.531. The number of nitrogens with zero attached hydrogens (tertiary/aromatic N) is 1. The Bertz CT molecular complexity index is 437. The highest BCUT2D eigenvalue weighted by molar-refractivity contribution is 9.10. The predicted molar refractivity (Wildman–Crippen MR) is 67.4 cm³/mol. The van der Waals surface area contributed by atoms with Crippen LogP contribution in [0.5, 0.6) is 5.75 Å². The number of halogens is 1. The molecule has 0 saturated carbocycles. The highest BCUT2D eigenvalue weighted by atomic mass is 79.9. The Labute approximate surface area is 107 Å². The van der Waals surface area contributed by atoms with Gasteiger partial charge in [0.2, 0.25) is 0 Å². The fourth-order valence-corrected chi connectivity index (χ4v) is 1.65. The van der Waals surface area contributed by atoms with E-state index in [0.717, 1.165) is 0 Å². The summed E-state index contributed by atoms with van der Waals surface area (Å²) in [5, 5.41) is 17.6. The molecule has 0 atom stereocenters. The zero-order valence-corrected chi connectivity index (χ0v) is 10.6. The number of amidine groups is 1. The number of hydrogen-bond acceptors (Lipinski definition) is 4. The van der Waals surface area contributed by atoms with Crippen LogP contribution in [0.4, 0.5) is 5.69 Å². The fourth-order valence-electron chi connectivity index (χ4n) is 1.19. The van der Waals surface area contributed by atoms with Gasteiger partial charge in [0, 0.05) is 17.0 Å². The van der Waals surface area contributed by atoms with Crippen LogP contribution in [0.2, 0.25) is 0 Å². The smallest absolute Gasteiger partial charge is 0.274 e. The largest absolute Gasteiger partial charge is 0.493 e. The molecule has 3 N–H and O–H groups in total. The maximum absolute atomic E-state index is 10.6. The molecule has 1 rings (SSSR count). The van der Waals surface area contributed by atoms with E-state index in [2.05, 4.69) is 15.9 Å². The molecule has 0 spiro atoms. The van der Waals surface area contributed by atoms with Gasteiger partial charge in [-0.25, -0.2) is 0 Å². The van der Waals surface area contributed by atoms with E-state index in [9.17, 15) is 10.1 Å². The van der Waals surface area contributed by atoms with E-state index in [-0.39, 0.29) is 11.5 Å². The Hall–Kier alpha value is -1.63. The quantitative estimate of drug-likeness (QED) is 0.277. The zero-order chi connectivity index (χ0) is 12.8. The minimum Gasteiger partial charge on any atom is -0.493 e. The monoisotopic (exact) mass is 301 g/mol. The molecular weight excluding hydrogens is 290 g/mol. The molecule has 0 aromatic heterocycles. The summed E-state index contributed by atoms with van der Waals surface area (Å²) in [5.41, 5.74) is 5.16. The van der Waals surface area contributed by atoms with Crippen LogP contribution < -0.4 is 10.5 Å². The van der Waals surface area contributed by atoms with Crippen LogP contribution >= 0.6 is 15.9 Å². The van der Waals surface area contributed by atoms with Crippen molar-refractivity contribution >= 4 is 27.5 Å². The summed E-state index contributed by atoms with van der Waals surface area (Å²) in [7, 11) is 0. The standard InChI is InChI=1S/C10H12BrN3O3/c11-7-4-8(14(15)16)6-9(5-7)17-3-1-2-10(12)13/h4-6H,1-3H2,(H3,12,13). The van der Waals surface area contributed by atoms with Gasteiger partial charge in [-0.15, -0.1) is 0 Å². The number of hydrogen-bond donors (Lipinski definition) is 2. The third kappa shape index (κ3) is 4.81. The summed E-state index contributed by atoms with van der Waals surface area (Å²) < 4.78 is 5.93. The van der Waals surface area contributed by atoms with Crippen molar-refractivity contribution in [3.05, 3.63) is 32.8 Å². The van der Waals surface area contributed by atoms with Gasteiger partial charge in [-0.05, 0) is 12.5 Å². The van der Waals surface area contributed by atoms with Gasteiger partial charge in [-0.2, -0.15) is 0 Å². The van der Waals surface area contributed by atoms with Crippen LogP contribution in [0.3, 0.4) is 0 Å². The average molecular weight is 302 g/mol. The zero-order valence-electron chi connectivity index (χ0n) is 8.98. The van der Waals surface area contributed by atoms with E-state index in [1.165, 1.54) is 12.1 Å². The molecule has 0 unspecified atom stereocenters. The molecule has 7 heteroatoms. The normalized spacial score (nSPS) is 9.94. The number of nitrogens with one attached hydrogen (secondary N) is 1. The Balaban J connectivity index is 2.59. The fraction of sp³-hybridized carbons (Fsp3) is 0.300. The number of nitro groups is 1. The molecule has 0 aliphatic rings. The summed E-state index contributed by atoms with van der Waals surface area (Å²) in [4.78, 5) is 10.1. The first-order valence-electron chi connectivity index (χ1n) is 4.89. The van der Waals surface area contributed by atoms with Gasteiger partial charge in [0.15, 0.2) is 0 Å². The topological polar surface area (TPSA) is 102 Å². The average Bonchev–Trinajstić information content (AvgIpc) is 2.23. The van der Waals surface area contributed by atoms with E-state index in [0.29, 0.717) is 29.7 Å². The van der Waals surface area contributed by atoms with Crippen LogP contribution in [-0.2, 0) is 0 Å². The van der Waals surface area contributed by atoms with E-state index in [4.69, 9.17) is 15.9 Å². The Morgan fingerprint density at radius 3 is 2.82 bits per heavy atom. The van der Waals surface area contributed by atoms with E-state index >= 15 is 0 Å². The molecule has 92 valence electrons. The van der Waals surface area contributed by atoms with E-state index in [1.807, 2.05) is 0 Å². The number of benzene rings is 1. The number of ether oxygens (including phenoxy) is 1. The van der Waals surface area contributed by atoms with Gasteiger partial charge < -0.3 is 10.5 Å². The number of non-ortho nitro benzene ring substituents is 1. The molecule has 0 fully saturated rings. The van der Waals surface area contributed by atoms with Crippen LogP contribution in [0, 0.1) is 15.5 Å². The van der Waals surface area contributed by atoms with Crippen molar-refractivity contribution in [2.75, 3.05) is 6.61 Å². The molecule has 0 aliphatic heterocycles. The lowest BCUT2D eigenvalue weighted by Gasteiger charge is -2.06. The molecular formula is C10H12BrN3O3. The van der Waals surface area contributed by atoms with E-state index < -0.39 is 4.92 Å². The van der Waals surface area contributed by atoms with Gasteiger partial charge >= 0.3 is 0 Å². The molecule has 0 saturated heterocycles. The highest BCUT2D eigenvalue weighted by Gasteiger charge is 2.09. The van der Waals surface area contributed by atoms with Gasteiger partial charge in [0.25, 0.3) is 5.69 Å². The maximum Gasteiger partial charge on any atom is 0.274 e. The van der Waals surface area contributed by atoms with Crippen molar-refractivity contribution in [1.82, 2.24) is 0 Å². The number of nitro benzene ring substituents is 1. The Morgan fingerprint density at radius 2 is 2.24 bits per heavy atom. The van der Waals surface area contributed by atoms with Gasteiger partial charge in [0.05, 0.1) is 23.4 Å². The summed E-state index contributed by atoms with van der Waals surface area (Å²) in [6.45, 7) is 0.368. The third-order valence-corrected chi connectivity index (χ3v) is 2.38. The molecule has 6 nitrogen and oxygen atoms in total. The third-order valence-electron chi connectivity index (χ3n) is 1.93. The van der Waals surface area contributed by atoms with Gasteiger partial charge in [-0.1, -0.05) is 15.9 Å². The van der Waals surface area contributed by atoms with Crippen LogP contribution in [0.15, 0.2) is 22.7 Å². The second kappa shape index (κ2) is 6.19. The van der Waals surface area contributed by atoms with Crippen LogP contribution in [0.25, 0.3) is 0 Å². The molecule has 17 heavy (non-hydrogen) atoms. The summed E-state index contributed by atoms with van der Waals surface area (Å²) >= 11 is 3.17. The molecule has 0 aliphatic carbocycles. The Kier molecular flexibility index (Phi) is 4.89. The molecule has 0 heterocycles. The van der Waals surface area contributed by atoms with Crippen LogP contribution in [0.1, 0.15) is 12.8 Å². The molecule has 1 aromatic rings. The minimum atomic E-state index is -0.479. The predicted octanol–water partition coefficient (Wildman–Crippen LogP) is 2.45. The van der Waals surface area contributed by atoms with E-state index in [1.54, 1.807) is 6.07 Å². The first-order chi connectivity index (χ1) is 7.99. The first kappa shape index (κ1) is 13.4. The molecule has 0 amide bonds. The summed E-state index contributed by atoms with van der Waals surface area (Å²) in [6, 6.07) is 4.42. The lowest BCUT2D eigenvalue weighted by atomic mass is 10.3. The second-order valence-corrected chi connectivity index (χ2v) is 4.30. The second-order valence-electron chi connectivity index (χ2n) is 3.38. The van der Waals surface area contributed by atoms with Gasteiger partial charge in [0.1, 0.15) is 5.75 Å². The maximum atomic E-state index is 10.6. The van der Waals surface area contributed by atoms with Crippen LogP contribution in [-0.4, -0.2) is 17.4 Å². The van der Waals surface area contributed by atoms with Crippen molar-refractivity contribution in [1.29, 1.82) is 5.41 Å². The first-order valence-corrected chi connectivity index (χ1v) is 5.69. The SMILES string of the molecule is N=C(N)CCCOc1cc(Br)cc([N+](=O)[O-])c1. The van der Waals surface area contributed by atoms with Crippen molar-refractivity contribution < 1.29 is 9.66 Å².